The molecule has 0 atom stereocenters. The summed E-state index contributed by atoms with van der Waals surface area (Å²) in [6, 6.07) is 6.76. The van der Waals surface area contributed by atoms with Crippen molar-refractivity contribution in [3.63, 3.8) is 0 Å². The van der Waals surface area contributed by atoms with E-state index in [1.165, 1.54) is 0 Å². The number of amides is 1. The van der Waals surface area contributed by atoms with Gasteiger partial charge in [-0.05, 0) is 44.5 Å². The standard InChI is InChI=1S/C16H23N5O2/c1-4-16(2,3)21-15(19-11-17)20-13-7-5-12(6-8-13)14(23)18-9-10-22/h5-8,22H,4,9-10H2,1-3H3,(H,18,23)(H2,19,20,21). The maximum absolute atomic E-state index is 11.7. The van der Waals surface area contributed by atoms with Crippen LogP contribution in [-0.4, -0.2) is 35.7 Å². The van der Waals surface area contributed by atoms with E-state index in [0.29, 0.717) is 17.2 Å². The van der Waals surface area contributed by atoms with Crippen molar-refractivity contribution in [2.24, 2.45) is 4.99 Å². The zero-order valence-electron chi connectivity index (χ0n) is 13.7. The molecule has 1 rings (SSSR count). The summed E-state index contributed by atoms with van der Waals surface area (Å²) in [7, 11) is 0. The van der Waals surface area contributed by atoms with Gasteiger partial charge < -0.3 is 15.7 Å². The maximum atomic E-state index is 11.7. The molecule has 0 aromatic heterocycles. The summed E-state index contributed by atoms with van der Waals surface area (Å²) in [5, 5.41) is 25.7. The normalized spacial score (nSPS) is 11.5. The van der Waals surface area contributed by atoms with E-state index < -0.39 is 0 Å². The van der Waals surface area contributed by atoms with Gasteiger partial charge in [0.15, 0.2) is 6.19 Å². The molecule has 0 heterocycles. The summed E-state index contributed by atoms with van der Waals surface area (Å²) in [6.07, 6.45) is 2.69. The highest BCUT2D eigenvalue weighted by atomic mass is 16.3. The number of benzene rings is 1. The topological polar surface area (TPSA) is 110 Å². The van der Waals surface area contributed by atoms with E-state index in [4.69, 9.17) is 10.4 Å². The molecule has 23 heavy (non-hydrogen) atoms. The van der Waals surface area contributed by atoms with Gasteiger partial charge in [-0.3, -0.25) is 10.1 Å². The Morgan fingerprint density at radius 2 is 2.00 bits per heavy atom. The molecule has 124 valence electrons. The zero-order valence-corrected chi connectivity index (χ0v) is 13.7. The Kier molecular flexibility index (Phi) is 7.03. The van der Waals surface area contributed by atoms with E-state index >= 15 is 0 Å². The second-order valence-electron chi connectivity index (χ2n) is 5.55. The summed E-state index contributed by atoms with van der Waals surface area (Å²) in [5.74, 6) is 0.110. The predicted octanol–water partition coefficient (Wildman–Crippen LogP) is 1.44. The number of nitrogens with zero attached hydrogens (tertiary/aromatic N) is 2. The van der Waals surface area contributed by atoms with Gasteiger partial charge in [0.25, 0.3) is 5.91 Å². The fourth-order valence-electron chi connectivity index (χ4n) is 1.63. The van der Waals surface area contributed by atoms with E-state index in [2.05, 4.69) is 20.9 Å². The smallest absolute Gasteiger partial charge is 0.251 e. The lowest BCUT2D eigenvalue weighted by atomic mass is 10.0. The number of hydrogen-bond acceptors (Lipinski definition) is 4. The minimum Gasteiger partial charge on any atom is -0.395 e. The number of nitriles is 1. The monoisotopic (exact) mass is 317 g/mol. The van der Waals surface area contributed by atoms with E-state index in [9.17, 15) is 4.79 Å². The van der Waals surface area contributed by atoms with Crippen LogP contribution in [0.4, 0.5) is 5.69 Å². The maximum Gasteiger partial charge on any atom is 0.251 e. The Morgan fingerprint density at radius 1 is 1.35 bits per heavy atom. The lowest BCUT2D eigenvalue weighted by Crippen LogP contribution is -2.31. The van der Waals surface area contributed by atoms with E-state index in [1.54, 1.807) is 24.3 Å². The number of aliphatic imine (C=N–C) groups is 1. The molecule has 1 aromatic rings. The Balaban J connectivity index is 2.83. The minimum atomic E-state index is -0.295. The number of aliphatic hydroxyl groups is 1. The molecule has 7 nitrogen and oxygen atoms in total. The largest absolute Gasteiger partial charge is 0.395 e. The number of anilines is 1. The van der Waals surface area contributed by atoms with Gasteiger partial charge in [-0.25, -0.2) is 4.99 Å². The summed E-state index contributed by atoms with van der Waals surface area (Å²) in [4.78, 5) is 16.2. The molecule has 0 aliphatic rings. The first-order chi connectivity index (χ1) is 10.9. The van der Waals surface area contributed by atoms with Crippen LogP contribution in [0.15, 0.2) is 29.3 Å². The summed E-state index contributed by atoms with van der Waals surface area (Å²) in [6.45, 7) is 6.09. The van der Waals surface area contributed by atoms with Gasteiger partial charge in [0.2, 0.25) is 5.96 Å². The van der Waals surface area contributed by atoms with Crippen molar-refractivity contribution in [3.8, 4) is 6.19 Å². The van der Waals surface area contributed by atoms with Crippen LogP contribution in [0.3, 0.4) is 0 Å². The molecule has 0 bridgehead atoms. The number of rotatable bonds is 6. The Morgan fingerprint density at radius 3 is 2.52 bits per heavy atom. The highest BCUT2D eigenvalue weighted by molar-refractivity contribution is 5.97. The van der Waals surface area contributed by atoms with Gasteiger partial charge in [0.1, 0.15) is 0 Å². The molecular weight excluding hydrogens is 294 g/mol. The van der Waals surface area contributed by atoms with Crippen molar-refractivity contribution in [3.05, 3.63) is 29.8 Å². The minimum absolute atomic E-state index is 0.0990. The van der Waals surface area contributed by atoms with Crippen LogP contribution in [0.2, 0.25) is 0 Å². The van der Waals surface area contributed by atoms with Crippen molar-refractivity contribution in [1.29, 1.82) is 5.26 Å². The first kappa shape index (κ1) is 18.5. The Hall–Kier alpha value is -2.59. The zero-order chi connectivity index (χ0) is 17.3. The third-order valence-electron chi connectivity index (χ3n) is 3.26. The lowest BCUT2D eigenvalue weighted by molar-refractivity contribution is 0.0945. The third-order valence-corrected chi connectivity index (χ3v) is 3.26. The fourth-order valence-corrected chi connectivity index (χ4v) is 1.63. The number of nitrogens with one attached hydrogen (secondary N) is 3. The van der Waals surface area contributed by atoms with Gasteiger partial charge in [0, 0.05) is 17.8 Å². The van der Waals surface area contributed by atoms with Crippen LogP contribution in [0.5, 0.6) is 0 Å². The number of carbonyl (C=O) groups excluding carboxylic acids is 1. The quantitative estimate of drug-likeness (QED) is 0.275. The molecule has 0 aliphatic carbocycles. The second kappa shape index (κ2) is 8.76. The average Bonchev–Trinajstić information content (AvgIpc) is 2.53. The highest BCUT2D eigenvalue weighted by Gasteiger charge is 2.15. The third kappa shape index (κ3) is 6.36. The molecule has 0 aliphatic heterocycles. The molecule has 0 fully saturated rings. The van der Waals surface area contributed by atoms with Crippen LogP contribution in [0, 0.1) is 11.5 Å². The lowest BCUT2D eigenvalue weighted by Gasteiger charge is -2.19. The SMILES string of the molecule is CCC(C)(C)N=C(NC#N)Nc1ccc(C(=O)NCCO)cc1. The highest BCUT2D eigenvalue weighted by Crippen LogP contribution is 2.15. The van der Waals surface area contributed by atoms with E-state index in [1.807, 2.05) is 27.0 Å². The molecule has 4 N–H and O–H groups in total. The predicted molar refractivity (Wildman–Crippen MR) is 90.0 cm³/mol. The molecule has 7 heteroatoms. The number of carbonyl (C=O) groups is 1. The van der Waals surface area contributed by atoms with Gasteiger partial charge >= 0.3 is 0 Å². The number of hydrogen-bond donors (Lipinski definition) is 4. The van der Waals surface area contributed by atoms with E-state index in [0.717, 1.165) is 6.42 Å². The van der Waals surface area contributed by atoms with Crippen molar-refractivity contribution in [2.75, 3.05) is 18.5 Å². The van der Waals surface area contributed by atoms with Crippen LogP contribution in [0.25, 0.3) is 0 Å². The fraction of sp³-hybridized carbons (Fsp3) is 0.438. The second-order valence-corrected chi connectivity index (χ2v) is 5.55. The van der Waals surface area contributed by atoms with Gasteiger partial charge in [-0.1, -0.05) is 6.92 Å². The number of guanidine groups is 1. The van der Waals surface area contributed by atoms with Gasteiger partial charge in [0.05, 0.1) is 12.1 Å². The van der Waals surface area contributed by atoms with Crippen LogP contribution >= 0.6 is 0 Å². The van der Waals surface area contributed by atoms with Crippen molar-refractivity contribution >= 4 is 17.6 Å². The summed E-state index contributed by atoms with van der Waals surface area (Å²) < 4.78 is 0. The molecule has 1 aromatic carbocycles. The summed E-state index contributed by atoms with van der Waals surface area (Å²) in [5.41, 5.74) is 0.901. The average molecular weight is 317 g/mol. The van der Waals surface area contributed by atoms with Crippen molar-refractivity contribution in [2.45, 2.75) is 32.7 Å². The molecule has 0 saturated carbocycles. The molecule has 0 saturated heterocycles. The van der Waals surface area contributed by atoms with Gasteiger partial charge in [-0.15, -0.1) is 0 Å². The molecule has 0 radical (unpaired) electrons. The molecule has 1 amide bonds. The Bertz CT molecular complexity index is 587. The Labute approximate surface area is 136 Å². The first-order valence-electron chi connectivity index (χ1n) is 7.43. The molecule has 0 unspecified atom stereocenters. The van der Waals surface area contributed by atoms with Gasteiger partial charge in [-0.2, -0.15) is 5.26 Å². The first-order valence-corrected chi connectivity index (χ1v) is 7.43. The number of aliphatic hydroxyl groups excluding tert-OH is 1. The van der Waals surface area contributed by atoms with Crippen LogP contribution in [0.1, 0.15) is 37.6 Å². The molecular formula is C16H23N5O2. The van der Waals surface area contributed by atoms with E-state index in [-0.39, 0.29) is 24.6 Å². The van der Waals surface area contributed by atoms with Crippen molar-refractivity contribution < 1.29 is 9.90 Å². The van der Waals surface area contributed by atoms with Crippen molar-refractivity contribution in [1.82, 2.24) is 10.6 Å². The van der Waals surface area contributed by atoms with Crippen LogP contribution in [-0.2, 0) is 0 Å². The molecule has 0 spiro atoms. The van der Waals surface area contributed by atoms with Crippen LogP contribution < -0.4 is 16.0 Å². The summed E-state index contributed by atoms with van der Waals surface area (Å²) >= 11 is 0.